The summed E-state index contributed by atoms with van der Waals surface area (Å²) in [6.45, 7) is 3.92. The van der Waals surface area contributed by atoms with Crippen molar-refractivity contribution in [3.63, 3.8) is 0 Å². The number of nitrogens with one attached hydrogen (secondary N) is 1. The predicted molar refractivity (Wildman–Crippen MR) is 63.8 cm³/mol. The third-order valence-corrected chi connectivity index (χ3v) is 2.47. The fourth-order valence-electron chi connectivity index (χ4n) is 1.48. The Bertz CT molecular complexity index is 549. The molecule has 1 aromatic heterocycles. The number of aryl methyl sites for hydroxylation is 2. The Labute approximate surface area is 109 Å². The molecule has 1 N–H and O–H groups in total. The highest BCUT2D eigenvalue weighted by molar-refractivity contribution is 6.06. The van der Waals surface area contributed by atoms with Gasteiger partial charge in [0.2, 0.25) is 0 Å². The molecule has 0 bridgehead atoms. The van der Waals surface area contributed by atoms with E-state index in [1.807, 2.05) is 0 Å². The third kappa shape index (κ3) is 3.25. The highest BCUT2D eigenvalue weighted by Gasteiger charge is 2.24. The quantitative estimate of drug-likeness (QED) is 0.630. The van der Waals surface area contributed by atoms with Crippen molar-refractivity contribution >= 4 is 17.5 Å². The molecule has 0 unspecified atom stereocenters. The van der Waals surface area contributed by atoms with Gasteiger partial charge in [-0.3, -0.25) is 4.79 Å². The van der Waals surface area contributed by atoms with Gasteiger partial charge in [0.15, 0.2) is 12.4 Å². The highest BCUT2D eigenvalue weighted by atomic mass is 16.5. The third-order valence-electron chi connectivity index (χ3n) is 2.47. The molecule has 1 aromatic rings. The SMILES string of the molecule is CC(=N)[C@@H](C#N)C(=O)COC(=O)c1c(C)noc1C. The average Bonchev–Trinajstić information content (AvgIpc) is 2.66. The number of hydrogen-bond acceptors (Lipinski definition) is 7. The highest BCUT2D eigenvalue weighted by Crippen LogP contribution is 2.13. The summed E-state index contributed by atoms with van der Waals surface area (Å²) < 4.78 is 9.61. The second kappa shape index (κ2) is 5.91. The van der Waals surface area contributed by atoms with E-state index in [-0.39, 0.29) is 11.3 Å². The van der Waals surface area contributed by atoms with E-state index in [1.165, 1.54) is 6.92 Å². The lowest BCUT2D eigenvalue weighted by Crippen LogP contribution is -2.25. The minimum absolute atomic E-state index is 0.0825. The van der Waals surface area contributed by atoms with Crippen molar-refractivity contribution in [2.24, 2.45) is 5.92 Å². The van der Waals surface area contributed by atoms with E-state index in [2.05, 4.69) is 5.16 Å². The molecule has 100 valence electrons. The molecule has 0 aromatic carbocycles. The summed E-state index contributed by atoms with van der Waals surface area (Å²) in [5, 5.41) is 19.6. The Morgan fingerprint density at radius 1 is 1.53 bits per heavy atom. The number of nitriles is 1. The molecule has 0 aliphatic rings. The number of Topliss-reactive ketones (excluding diaryl/α,β-unsaturated/α-hetero) is 1. The maximum Gasteiger partial charge on any atom is 0.344 e. The molecular weight excluding hydrogens is 250 g/mol. The summed E-state index contributed by atoms with van der Waals surface area (Å²) in [5.41, 5.74) is 0.462. The Morgan fingerprint density at radius 3 is 2.58 bits per heavy atom. The van der Waals surface area contributed by atoms with E-state index in [1.54, 1.807) is 19.9 Å². The first kappa shape index (κ1) is 14.6. The first-order chi connectivity index (χ1) is 8.88. The predicted octanol–water partition coefficient (Wildman–Crippen LogP) is 1.20. The van der Waals surface area contributed by atoms with Crippen LogP contribution in [0.2, 0.25) is 0 Å². The summed E-state index contributed by atoms with van der Waals surface area (Å²) in [6.07, 6.45) is 0. The van der Waals surface area contributed by atoms with Gasteiger partial charge in [-0.15, -0.1) is 0 Å². The van der Waals surface area contributed by atoms with Gasteiger partial charge in [-0.25, -0.2) is 4.79 Å². The normalized spacial score (nSPS) is 11.5. The Kier molecular flexibility index (Phi) is 4.53. The van der Waals surface area contributed by atoms with Crippen LogP contribution in [0, 0.1) is 36.5 Å². The van der Waals surface area contributed by atoms with Crippen molar-refractivity contribution in [3.8, 4) is 6.07 Å². The number of carbonyl (C=O) groups excluding carboxylic acids is 2. The van der Waals surface area contributed by atoms with E-state index in [9.17, 15) is 9.59 Å². The molecule has 0 aliphatic heterocycles. The van der Waals surface area contributed by atoms with E-state index < -0.39 is 24.3 Å². The van der Waals surface area contributed by atoms with Crippen LogP contribution in [0.1, 0.15) is 28.7 Å². The van der Waals surface area contributed by atoms with Gasteiger partial charge in [0, 0.05) is 5.71 Å². The molecule has 0 radical (unpaired) electrons. The molecule has 0 spiro atoms. The van der Waals surface area contributed by atoms with Gasteiger partial charge in [0.05, 0.1) is 11.8 Å². The number of esters is 1. The number of aromatic nitrogens is 1. The lowest BCUT2D eigenvalue weighted by atomic mass is 10.0. The molecule has 1 rings (SSSR count). The molecule has 0 aliphatic carbocycles. The molecule has 1 atom stereocenters. The van der Waals surface area contributed by atoms with Crippen molar-refractivity contribution in [1.29, 1.82) is 10.7 Å². The lowest BCUT2D eigenvalue weighted by molar-refractivity contribution is -0.122. The van der Waals surface area contributed by atoms with Crippen LogP contribution in [0.4, 0.5) is 0 Å². The number of rotatable bonds is 5. The van der Waals surface area contributed by atoms with Crippen molar-refractivity contribution in [2.75, 3.05) is 6.61 Å². The van der Waals surface area contributed by atoms with Gasteiger partial charge in [-0.1, -0.05) is 5.16 Å². The molecule has 0 amide bonds. The number of ether oxygens (including phenoxy) is 1. The Hall–Kier alpha value is -2.49. The molecular formula is C12H13N3O4. The second-order valence-electron chi connectivity index (χ2n) is 3.99. The van der Waals surface area contributed by atoms with Gasteiger partial charge >= 0.3 is 5.97 Å². The zero-order chi connectivity index (χ0) is 14.6. The maximum absolute atomic E-state index is 11.7. The number of hydrogen-bond donors (Lipinski definition) is 1. The largest absolute Gasteiger partial charge is 0.454 e. The zero-order valence-electron chi connectivity index (χ0n) is 10.8. The van der Waals surface area contributed by atoms with Crippen LogP contribution in [0.25, 0.3) is 0 Å². The summed E-state index contributed by atoms with van der Waals surface area (Å²) in [5.74, 6) is -2.24. The van der Waals surface area contributed by atoms with E-state index >= 15 is 0 Å². The molecule has 7 heteroatoms. The van der Waals surface area contributed by atoms with Crippen LogP contribution in [-0.4, -0.2) is 29.2 Å². The van der Waals surface area contributed by atoms with Crippen LogP contribution >= 0.6 is 0 Å². The first-order valence-corrected chi connectivity index (χ1v) is 5.45. The fraction of sp³-hybridized carbons (Fsp3) is 0.417. The fourth-order valence-corrected chi connectivity index (χ4v) is 1.48. The van der Waals surface area contributed by atoms with E-state index in [4.69, 9.17) is 19.9 Å². The molecule has 19 heavy (non-hydrogen) atoms. The Morgan fingerprint density at radius 2 is 2.16 bits per heavy atom. The average molecular weight is 263 g/mol. The van der Waals surface area contributed by atoms with Crippen molar-refractivity contribution in [1.82, 2.24) is 5.16 Å². The van der Waals surface area contributed by atoms with E-state index in [0.29, 0.717) is 11.5 Å². The molecule has 0 saturated carbocycles. The molecule has 0 saturated heterocycles. The summed E-state index contributed by atoms with van der Waals surface area (Å²) >= 11 is 0. The van der Waals surface area contributed by atoms with Gasteiger partial charge in [0.25, 0.3) is 0 Å². The van der Waals surface area contributed by atoms with E-state index in [0.717, 1.165) is 0 Å². The summed E-state index contributed by atoms with van der Waals surface area (Å²) in [4.78, 5) is 23.3. The van der Waals surface area contributed by atoms with Gasteiger partial charge < -0.3 is 14.7 Å². The molecule has 7 nitrogen and oxygen atoms in total. The lowest BCUT2D eigenvalue weighted by Gasteiger charge is -2.07. The van der Waals surface area contributed by atoms with Crippen LogP contribution in [-0.2, 0) is 9.53 Å². The first-order valence-electron chi connectivity index (χ1n) is 5.45. The zero-order valence-corrected chi connectivity index (χ0v) is 10.8. The number of ketones is 1. The topological polar surface area (TPSA) is 117 Å². The Balaban J connectivity index is 2.68. The minimum atomic E-state index is -1.18. The van der Waals surface area contributed by atoms with Crippen LogP contribution < -0.4 is 0 Å². The molecule has 0 fully saturated rings. The summed E-state index contributed by atoms with van der Waals surface area (Å²) in [7, 11) is 0. The van der Waals surface area contributed by atoms with Gasteiger partial charge in [-0.05, 0) is 20.8 Å². The van der Waals surface area contributed by atoms with Crippen LogP contribution in [0.15, 0.2) is 4.52 Å². The molecule has 1 heterocycles. The monoisotopic (exact) mass is 263 g/mol. The number of carbonyl (C=O) groups is 2. The van der Waals surface area contributed by atoms with Gasteiger partial charge in [0.1, 0.15) is 17.2 Å². The van der Waals surface area contributed by atoms with Crippen molar-refractivity contribution < 1.29 is 18.8 Å². The second-order valence-corrected chi connectivity index (χ2v) is 3.99. The maximum atomic E-state index is 11.7. The van der Waals surface area contributed by atoms with Crippen LogP contribution in [0.5, 0.6) is 0 Å². The van der Waals surface area contributed by atoms with Gasteiger partial charge in [-0.2, -0.15) is 5.26 Å². The standard InChI is InChI=1S/C12H13N3O4/c1-6(14)9(4-13)10(16)5-18-12(17)11-7(2)15-19-8(11)3/h9,14H,5H2,1-3H3/t9-/m1/s1. The van der Waals surface area contributed by atoms with Crippen LogP contribution in [0.3, 0.4) is 0 Å². The van der Waals surface area contributed by atoms with Crippen molar-refractivity contribution in [3.05, 3.63) is 17.0 Å². The number of nitrogens with zero attached hydrogens (tertiary/aromatic N) is 2. The van der Waals surface area contributed by atoms with Crippen molar-refractivity contribution in [2.45, 2.75) is 20.8 Å². The smallest absolute Gasteiger partial charge is 0.344 e. The summed E-state index contributed by atoms with van der Waals surface area (Å²) in [6, 6.07) is 1.69. The minimum Gasteiger partial charge on any atom is -0.454 e.